The van der Waals surface area contributed by atoms with E-state index in [9.17, 15) is 4.39 Å². The highest BCUT2D eigenvalue weighted by Gasteiger charge is 2.14. The highest BCUT2D eigenvalue weighted by Crippen LogP contribution is 2.14. The lowest BCUT2D eigenvalue weighted by Crippen LogP contribution is -2.34. The van der Waals surface area contributed by atoms with Crippen LogP contribution in [0.5, 0.6) is 0 Å². The smallest absolute Gasteiger partial charge is 0.117 e. The Morgan fingerprint density at radius 2 is 1.14 bits per heavy atom. The second kappa shape index (κ2) is 16.2. The van der Waals surface area contributed by atoms with Gasteiger partial charge < -0.3 is 10.8 Å². The van der Waals surface area contributed by atoms with E-state index in [0.717, 1.165) is 12.8 Å². The third-order valence-electron chi connectivity index (χ3n) is 4.26. The topological polar surface area (TPSA) is 46.2 Å². The summed E-state index contributed by atoms with van der Waals surface area (Å²) in [5.41, 5.74) is 5.44. The van der Waals surface area contributed by atoms with Crippen molar-refractivity contribution in [1.82, 2.24) is 0 Å². The van der Waals surface area contributed by atoms with Crippen LogP contribution in [0.25, 0.3) is 0 Å². The Hall–Kier alpha value is -0.150. The van der Waals surface area contributed by atoms with Gasteiger partial charge in [-0.1, -0.05) is 90.4 Å². The maximum Gasteiger partial charge on any atom is 0.117 e. The number of hydrogen-bond acceptors (Lipinski definition) is 2. The van der Waals surface area contributed by atoms with Gasteiger partial charge in [0.1, 0.15) is 6.17 Å². The molecule has 3 heteroatoms. The number of alkyl halides is 1. The maximum atomic E-state index is 13.3. The van der Waals surface area contributed by atoms with Gasteiger partial charge in [0.25, 0.3) is 0 Å². The monoisotopic (exact) mass is 303 g/mol. The number of rotatable bonds is 16. The van der Waals surface area contributed by atoms with Crippen molar-refractivity contribution in [2.45, 2.75) is 109 Å². The normalized spacial score (nSPS) is 14.3. The molecule has 0 aliphatic rings. The van der Waals surface area contributed by atoms with Gasteiger partial charge in [0.2, 0.25) is 0 Å². The molecular weight excluding hydrogens is 265 g/mol. The molecule has 0 aromatic rings. The molecule has 128 valence electrons. The SMILES string of the molecule is CCCCCCCCCCCCCCC[C@H](F)[C@@H](N)CO. The first-order valence-electron chi connectivity index (χ1n) is 9.22. The van der Waals surface area contributed by atoms with Crippen molar-refractivity contribution in [2.75, 3.05) is 6.61 Å². The largest absolute Gasteiger partial charge is 0.395 e. The van der Waals surface area contributed by atoms with Crippen LogP contribution in [0.1, 0.15) is 96.8 Å². The molecular formula is C18H38FNO. The molecule has 0 bridgehead atoms. The Balaban J connectivity index is 3.09. The molecule has 0 saturated heterocycles. The van der Waals surface area contributed by atoms with Gasteiger partial charge in [0.15, 0.2) is 0 Å². The first kappa shape index (κ1) is 20.9. The van der Waals surface area contributed by atoms with Crippen LogP contribution in [0.2, 0.25) is 0 Å². The van der Waals surface area contributed by atoms with E-state index in [4.69, 9.17) is 10.8 Å². The fraction of sp³-hybridized carbons (Fsp3) is 1.00. The predicted octanol–water partition coefficient (Wildman–Crippen LogP) is 5.13. The number of unbranched alkanes of at least 4 members (excludes halogenated alkanes) is 12. The van der Waals surface area contributed by atoms with Crippen molar-refractivity contribution in [3.05, 3.63) is 0 Å². The number of aliphatic hydroxyl groups excluding tert-OH is 1. The summed E-state index contributed by atoms with van der Waals surface area (Å²) >= 11 is 0. The average Bonchev–Trinajstić information content (AvgIpc) is 2.50. The first-order chi connectivity index (χ1) is 10.2. The Kier molecular flexibility index (Phi) is 16.1. The summed E-state index contributed by atoms with van der Waals surface area (Å²) in [6, 6.07) is -0.692. The molecule has 0 aliphatic heterocycles. The average molecular weight is 304 g/mol. The van der Waals surface area contributed by atoms with Crippen molar-refractivity contribution in [3.8, 4) is 0 Å². The molecule has 0 aromatic carbocycles. The van der Waals surface area contributed by atoms with E-state index in [-0.39, 0.29) is 6.61 Å². The van der Waals surface area contributed by atoms with Gasteiger partial charge in [-0.25, -0.2) is 4.39 Å². The molecule has 0 aromatic heterocycles. The number of nitrogens with two attached hydrogens (primary N) is 1. The molecule has 2 nitrogen and oxygen atoms in total. The molecule has 0 unspecified atom stereocenters. The lowest BCUT2D eigenvalue weighted by atomic mass is 10.0. The summed E-state index contributed by atoms with van der Waals surface area (Å²) in [4.78, 5) is 0. The Morgan fingerprint density at radius 3 is 1.52 bits per heavy atom. The molecule has 0 radical (unpaired) electrons. The minimum atomic E-state index is -1.04. The zero-order chi connectivity index (χ0) is 15.8. The summed E-state index contributed by atoms with van der Waals surface area (Å²) < 4.78 is 13.3. The van der Waals surface area contributed by atoms with Crippen molar-refractivity contribution < 1.29 is 9.50 Å². The van der Waals surface area contributed by atoms with Crippen molar-refractivity contribution in [2.24, 2.45) is 5.73 Å². The van der Waals surface area contributed by atoms with Gasteiger partial charge in [-0.15, -0.1) is 0 Å². The van der Waals surface area contributed by atoms with Crippen LogP contribution in [0.3, 0.4) is 0 Å². The van der Waals surface area contributed by atoms with Crippen LogP contribution in [0.4, 0.5) is 4.39 Å². The van der Waals surface area contributed by atoms with E-state index >= 15 is 0 Å². The zero-order valence-corrected chi connectivity index (χ0v) is 14.2. The molecule has 0 fully saturated rings. The second-order valence-electron chi connectivity index (χ2n) is 6.39. The highest BCUT2D eigenvalue weighted by molar-refractivity contribution is 4.70. The van der Waals surface area contributed by atoms with Crippen LogP contribution in [0, 0.1) is 0 Å². The number of aliphatic hydroxyl groups is 1. The van der Waals surface area contributed by atoms with Crippen molar-refractivity contribution in [1.29, 1.82) is 0 Å². The lowest BCUT2D eigenvalue weighted by molar-refractivity contribution is 0.179. The molecule has 2 atom stereocenters. The third kappa shape index (κ3) is 14.5. The van der Waals surface area contributed by atoms with Crippen LogP contribution in [-0.2, 0) is 0 Å². The van der Waals surface area contributed by atoms with Gasteiger partial charge >= 0.3 is 0 Å². The zero-order valence-electron chi connectivity index (χ0n) is 14.2. The van der Waals surface area contributed by atoms with E-state index in [1.165, 1.54) is 70.6 Å². The molecule has 0 rings (SSSR count). The molecule has 0 amide bonds. The fourth-order valence-corrected chi connectivity index (χ4v) is 2.69. The standard InChI is InChI=1S/C18H38FNO/c1-2-3-4-5-6-7-8-9-10-11-12-13-14-15-17(19)18(20)16-21/h17-18,21H,2-16,20H2,1H3/t17-,18-/m0/s1. The molecule has 0 aliphatic carbocycles. The van der Waals surface area contributed by atoms with Crippen LogP contribution < -0.4 is 5.73 Å². The number of hydrogen-bond donors (Lipinski definition) is 2. The first-order valence-corrected chi connectivity index (χ1v) is 9.22. The summed E-state index contributed by atoms with van der Waals surface area (Å²) in [5, 5.41) is 8.74. The van der Waals surface area contributed by atoms with Crippen LogP contribution in [0.15, 0.2) is 0 Å². The van der Waals surface area contributed by atoms with Crippen LogP contribution in [-0.4, -0.2) is 23.9 Å². The van der Waals surface area contributed by atoms with Gasteiger partial charge in [-0.3, -0.25) is 0 Å². The molecule has 21 heavy (non-hydrogen) atoms. The van der Waals surface area contributed by atoms with E-state index in [2.05, 4.69) is 6.92 Å². The summed E-state index contributed by atoms with van der Waals surface area (Å²) in [7, 11) is 0. The second-order valence-corrected chi connectivity index (χ2v) is 6.39. The Labute approximate surface area is 131 Å². The van der Waals surface area contributed by atoms with Crippen LogP contribution >= 0.6 is 0 Å². The molecule has 0 saturated carbocycles. The van der Waals surface area contributed by atoms with E-state index < -0.39 is 12.2 Å². The summed E-state index contributed by atoms with van der Waals surface area (Å²) in [5.74, 6) is 0. The third-order valence-corrected chi connectivity index (χ3v) is 4.26. The molecule has 3 N–H and O–H groups in total. The van der Waals surface area contributed by atoms with Gasteiger partial charge in [0.05, 0.1) is 12.6 Å². The van der Waals surface area contributed by atoms with Crippen molar-refractivity contribution in [3.63, 3.8) is 0 Å². The lowest BCUT2D eigenvalue weighted by Gasteiger charge is -2.13. The minimum absolute atomic E-state index is 0.250. The van der Waals surface area contributed by atoms with E-state index in [1.807, 2.05) is 0 Å². The Bertz CT molecular complexity index is 202. The Morgan fingerprint density at radius 1 is 0.762 bits per heavy atom. The maximum absolute atomic E-state index is 13.3. The summed E-state index contributed by atoms with van der Waals surface area (Å²) in [6.07, 6.45) is 16.3. The van der Waals surface area contributed by atoms with Crippen molar-refractivity contribution >= 4 is 0 Å². The molecule has 0 heterocycles. The van der Waals surface area contributed by atoms with Gasteiger partial charge in [0, 0.05) is 0 Å². The quantitative estimate of drug-likeness (QED) is 0.388. The molecule has 0 spiro atoms. The fourth-order valence-electron chi connectivity index (χ4n) is 2.69. The number of halogens is 1. The van der Waals surface area contributed by atoms with E-state index in [0.29, 0.717) is 6.42 Å². The van der Waals surface area contributed by atoms with Gasteiger partial charge in [-0.05, 0) is 6.42 Å². The van der Waals surface area contributed by atoms with Gasteiger partial charge in [-0.2, -0.15) is 0 Å². The summed E-state index contributed by atoms with van der Waals surface area (Å²) in [6.45, 7) is 2.01. The van der Waals surface area contributed by atoms with E-state index in [1.54, 1.807) is 0 Å². The predicted molar refractivity (Wildman–Crippen MR) is 90.3 cm³/mol. The highest BCUT2D eigenvalue weighted by atomic mass is 19.1. The minimum Gasteiger partial charge on any atom is -0.395 e.